The lowest BCUT2D eigenvalue weighted by molar-refractivity contribution is -0.144. The second-order valence-electron chi connectivity index (χ2n) is 12.8. The van der Waals surface area contributed by atoms with Gasteiger partial charge in [-0.1, -0.05) is 50.6 Å². The largest absolute Gasteiger partial charge is 0.508 e. The molecule has 0 spiro atoms. The fourth-order valence-corrected chi connectivity index (χ4v) is 9.71. The van der Waals surface area contributed by atoms with Crippen molar-refractivity contribution in [3.8, 4) is 5.75 Å². The summed E-state index contributed by atoms with van der Waals surface area (Å²) in [6.45, 7) is 6.53. The number of carbonyl (C=O) groups is 3. The summed E-state index contributed by atoms with van der Waals surface area (Å²) in [6, 6.07) is 11.2. The van der Waals surface area contributed by atoms with Crippen LogP contribution in [0.25, 0.3) is 10.1 Å². The van der Waals surface area contributed by atoms with E-state index in [1.807, 2.05) is 51.1 Å². The topological polar surface area (TPSA) is 127 Å². The molecule has 44 heavy (non-hydrogen) atoms. The number of amides is 3. The predicted molar refractivity (Wildman–Crippen MR) is 168 cm³/mol. The zero-order chi connectivity index (χ0) is 31.6. The Kier molecular flexibility index (Phi) is 7.92. The van der Waals surface area contributed by atoms with Crippen LogP contribution in [-0.2, 0) is 19.6 Å². The number of likely N-dealkylation sites (tertiary alicyclic amines) is 2. The lowest BCUT2D eigenvalue weighted by Gasteiger charge is -2.40. The monoisotopic (exact) mass is 658 g/mol. The standard InChI is InChI=1S/C31H35ClN4O6S2/c1-31(2,3)27(33-28(38)25-13-18-7-4-5-9-24(18)43-25)30(40)35-17-19-14-20(35)16-34(19)29(39)23-8-6-12-36(23)44(41,42)26-15-21(37)10-11-22(26)32/h4-5,7,9-11,13,15,19-20,23,27,37H,6,8,12,14,16-17H2,1-3H3,(H,33,38)/t19-,20-,23+,27+/m0/s1. The number of halogens is 1. The van der Waals surface area contributed by atoms with E-state index in [1.54, 1.807) is 9.80 Å². The van der Waals surface area contributed by atoms with Crippen LogP contribution in [-0.4, -0.2) is 89.2 Å². The molecule has 1 aromatic heterocycles. The maximum atomic E-state index is 13.9. The summed E-state index contributed by atoms with van der Waals surface area (Å²) in [5.41, 5.74) is -0.563. The molecule has 0 radical (unpaired) electrons. The molecule has 3 aliphatic rings. The molecule has 2 bridgehead atoms. The number of benzene rings is 2. The number of nitrogens with one attached hydrogen (secondary N) is 1. The lowest BCUT2D eigenvalue weighted by atomic mass is 9.85. The van der Waals surface area contributed by atoms with Gasteiger partial charge in [0.2, 0.25) is 21.8 Å². The number of sulfonamides is 1. The molecule has 4 atom stereocenters. The van der Waals surface area contributed by atoms with Gasteiger partial charge in [-0.25, -0.2) is 8.42 Å². The van der Waals surface area contributed by atoms with Gasteiger partial charge in [0, 0.05) is 30.4 Å². The molecule has 0 unspecified atom stereocenters. The van der Waals surface area contributed by atoms with Crippen LogP contribution in [0, 0.1) is 5.41 Å². The first kappa shape index (κ1) is 30.8. The molecule has 3 fully saturated rings. The number of fused-ring (bicyclic) bond motifs is 3. The summed E-state index contributed by atoms with van der Waals surface area (Å²) in [6.07, 6.45) is 1.49. The molecule has 0 saturated carbocycles. The second kappa shape index (κ2) is 11.3. The minimum Gasteiger partial charge on any atom is -0.508 e. The SMILES string of the molecule is CC(C)(C)[C@H](NC(=O)c1cc2ccccc2s1)C(=O)N1C[C@@H]2C[C@H]1CN2C(=O)[C@H]1CCCN1S(=O)(=O)c1cc(O)ccc1Cl. The highest BCUT2D eigenvalue weighted by molar-refractivity contribution is 7.89. The number of hydrogen-bond acceptors (Lipinski definition) is 7. The van der Waals surface area contributed by atoms with Crippen molar-refractivity contribution in [3.05, 3.63) is 58.4 Å². The maximum Gasteiger partial charge on any atom is 0.262 e. The molecule has 2 N–H and O–H groups in total. The number of carbonyl (C=O) groups excluding carboxylic acids is 3. The predicted octanol–water partition coefficient (Wildman–Crippen LogP) is 4.07. The van der Waals surface area contributed by atoms with Crippen LogP contribution < -0.4 is 5.32 Å². The molecule has 234 valence electrons. The van der Waals surface area contributed by atoms with Crippen molar-refractivity contribution in [1.29, 1.82) is 0 Å². The molecule has 3 aliphatic heterocycles. The van der Waals surface area contributed by atoms with E-state index in [-0.39, 0.29) is 52.0 Å². The Bertz CT molecular complexity index is 1720. The fourth-order valence-electron chi connectivity index (χ4n) is 6.60. The summed E-state index contributed by atoms with van der Waals surface area (Å²) in [5.74, 6) is -0.997. The molecule has 10 nitrogen and oxygen atoms in total. The zero-order valence-corrected chi connectivity index (χ0v) is 27.1. The third-order valence-corrected chi connectivity index (χ3v) is 12.3. The Balaban J connectivity index is 1.15. The normalized spacial score (nSPS) is 23.0. The summed E-state index contributed by atoms with van der Waals surface area (Å²) >= 11 is 7.56. The Morgan fingerprint density at radius 3 is 2.43 bits per heavy atom. The van der Waals surface area contributed by atoms with E-state index in [1.165, 1.54) is 27.8 Å². The van der Waals surface area contributed by atoms with E-state index >= 15 is 0 Å². The van der Waals surface area contributed by atoms with Crippen LogP contribution in [0.15, 0.2) is 53.4 Å². The quantitative estimate of drug-likeness (QED) is 0.411. The van der Waals surface area contributed by atoms with E-state index in [0.29, 0.717) is 37.2 Å². The first-order chi connectivity index (χ1) is 20.8. The van der Waals surface area contributed by atoms with Crippen LogP contribution >= 0.6 is 22.9 Å². The average Bonchev–Trinajstić information content (AvgIpc) is 3.78. The summed E-state index contributed by atoms with van der Waals surface area (Å²) in [4.78, 5) is 44.8. The average molecular weight is 659 g/mol. The molecule has 4 heterocycles. The number of phenolic OH excluding ortho intramolecular Hbond substituents is 1. The molecule has 3 amide bonds. The van der Waals surface area contributed by atoms with E-state index in [0.717, 1.165) is 16.2 Å². The molecule has 0 aliphatic carbocycles. The molecule has 2 aromatic carbocycles. The molecular weight excluding hydrogens is 624 g/mol. The van der Waals surface area contributed by atoms with Gasteiger partial charge in [0.05, 0.1) is 22.0 Å². The van der Waals surface area contributed by atoms with Gasteiger partial charge in [-0.2, -0.15) is 4.31 Å². The lowest BCUT2D eigenvalue weighted by Crippen LogP contribution is -2.60. The Labute approximate surface area is 265 Å². The fraction of sp³-hybridized carbons (Fsp3) is 0.452. The summed E-state index contributed by atoms with van der Waals surface area (Å²) < 4.78 is 29.2. The number of rotatable bonds is 6. The van der Waals surface area contributed by atoms with Gasteiger partial charge in [-0.05, 0) is 54.3 Å². The third-order valence-electron chi connectivity index (χ3n) is 8.83. The van der Waals surface area contributed by atoms with Crippen LogP contribution in [0.5, 0.6) is 5.75 Å². The van der Waals surface area contributed by atoms with E-state index < -0.39 is 27.5 Å². The van der Waals surface area contributed by atoms with Gasteiger partial charge in [0.25, 0.3) is 5.91 Å². The van der Waals surface area contributed by atoms with Gasteiger partial charge < -0.3 is 20.2 Å². The van der Waals surface area contributed by atoms with Crippen LogP contribution in [0.2, 0.25) is 5.02 Å². The number of thiophene rings is 1. The highest BCUT2D eigenvalue weighted by Crippen LogP contribution is 2.37. The van der Waals surface area contributed by atoms with Crippen molar-refractivity contribution in [2.45, 2.75) is 69.1 Å². The number of phenols is 1. The van der Waals surface area contributed by atoms with Gasteiger partial charge in [-0.3, -0.25) is 14.4 Å². The smallest absolute Gasteiger partial charge is 0.262 e. The zero-order valence-electron chi connectivity index (χ0n) is 24.7. The summed E-state index contributed by atoms with van der Waals surface area (Å²) in [7, 11) is -4.13. The summed E-state index contributed by atoms with van der Waals surface area (Å²) in [5, 5.41) is 13.8. The Morgan fingerprint density at radius 1 is 1.05 bits per heavy atom. The van der Waals surface area contributed by atoms with E-state index in [9.17, 15) is 27.9 Å². The van der Waals surface area contributed by atoms with E-state index in [2.05, 4.69) is 5.32 Å². The molecule has 3 aromatic rings. The molecule has 13 heteroatoms. The van der Waals surface area contributed by atoms with Crippen molar-refractivity contribution in [2.24, 2.45) is 5.41 Å². The Morgan fingerprint density at radius 2 is 1.75 bits per heavy atom. The number of aromatic hydroxyl groups is 1. The van der Waals surface area contributed by atoms with Crippen LogP contribution in [0.1, 0.15) is 49.7 Å². The van der Waals surface area contributed by atoms with Gasteiger partial charge in [0.1, 0.15) is 22.7 Å². The van der Waals surface area contributed by atoms with Gasteiger partial charge >= 0.3 is 0 Å². The first-order valence-electron chi connectivity index (χ1n) is 14.7. The van der Waals surface area contributed by atoms with Crippen molar-refractivity contribution in [3.63, 3.8) is 0 Å². The van der Waals surface area contributed by atoms with Crippen LogP contribution in [0.3, 0.4) is 0 Å². The van der Waals surface area contributed by atoms with Crippen molar-refractivity contribution < 1.29 is 27.9 Å². The highest BCUT2D eigenvalue weighted by atomic mass is 35.5. The van der Waals surface area contributed by atoms with Crippen molar-refractivity contribution in [1.82, 2.24) is 19.4 Å². The highest BCUT2D eigenvalue weighted by Gasteiger charge is 2.52. The van der Waals surface area contributed by atoms with Crippen LogP contribution in [0.4, 0.5) is 0 Å². The third kappa shape index (κ3) is 5.46. The van der Waals surface area contributed by atoms with Crippen molar-refractivity contribution >= 4 is 60.8 Å². The number of hydrogen-bond donors (Lipinski definition) is 2. The van der Waals surface area contributed by atoms with Gasteiger partial charge in [-0.15, -0.1) is 11.3 Å². The minimum atomic E-state index is -4.13. The molecular formula is C31H35ClN4O6S2. The number of nitrogens with zero attached hydrogens (tertiary/aromatic N) is 3. The van der Waals surface area contributed by atoms with Gasteiger partial charge in [0.15, 0.2) is 0 Å². The Hall–Kier alpha value is -3.19. The second-order valence-corrected chi connectivity index (χ2v) is 16.2. The first-order valence-corrected chi connectivity index (χ1v) is 17.3. The molecule has 6 rings (SSSR count). The minimum absolute atomic E-state index is 0.0249. The molecule has 3 saturated heterocycles. The van der Waals surface area contributed by atoms with E-state index in [4.69, 9.17) is 11.6 Å². The van der Waals surface area contributed by atoms with Crippen molar-refractivity contribution in [2.75, 3.05) is 19.6 Å². The number of piperazine rings is 1. The maximum absolute atomic E-state index is 13.9.